The van der Waals surface area contributed by atoms with Gasteiger partial charge in [-0.1, -0.05) is 58.6 Å². The molecule has 1 saturated carbocycles. The summed E-state index contributed by atoms with van der Waals surface area (Å²) in [5.41, 5.74) is 0.563. The third-order valence-electron chi connectivity index (χ3n) is 3.86. The average molecular weight is 194 g/mol. The Kier molecular flexibility index (Phi) is 4.71. The fourth-order valence-electron chi connectivity index (χ4n) is 2.61. The molecule has 0 heteroatoms. The molecule has 14 heavy (non-hydrogen) atoms. The van der Waals surface area contributed by atoms with Gasteiger partial charge in [0.15, 0.2) is 0 Å². The predicted octanol–water partition coefficient (Wildman–Crippen LogP) is 4.95. The van der Waals surface area contributed by atoms with Gasteiger partial charge in [0.2, 0.25) is 0 Å². The van der Waals surface area contributed by atoms with Crippen LogP contribution in [-0.2, 0) is 0 Å². The quantitative estimate of drug-likeness (QED) is 0.429. The lowest BCUT2D eigenvalue weighted by Crippen LogP contribution is -2.20. The molecule has 0 unspecified atom stereocenters. The summed E-state index contributed by atoms with van der Waals surface area (Å²) in [6, 6.07) is 0. The number of rotatable bonds is 5. The fourth-order valence-corrected chi connectivity index (χ4v) is 2.61. The van der Waals surface area contributed by atoms with E-state index in [9.17, 15) is 0 Å². The first kappa shape index (κ1) is 11.8. The van der Waals surface area contributed by atoms with Crippen LogP contribution in [0.3, 0.4) is 0 Å². The number of unbranched alkanes of at least 4 members (excludes halogenated alkanes) is 2. The third-order valence-corrected chi connectivity index (χ3v) is 3.86. The Morgan fingerprint density at radius 3 is 2.36 bits per heavy atom. The smallest absolute Gasteiger partial charge is 0.00952 e. The molecule has 0 radical (unpaired) electrons. The molecule has 0 N–H and O–H groups in total. The second kappa shape index (κ2) is 5.58. The zero-order valence-corrected chi connectivity index (χ0v) is 10.2. The highest BCUT2D eigenvalue weighted by atomic mass is 14.4. The molecule has 1 fully saturated rings. The summed E-state index contributed by atoms with van der Waals surface area (Å²) in [4.78, 5) is 0. The Hall–Kier alpha value is -0.260. The van der Waals surface area contributed by atoms with E-state index in [1.54, 1.807) is 0 Å². The third kappa shape index (κ3) is 2.87. The molecule has 0 bridgehead atoms. The van der Waals surface area contributed by atoms with Gasteiger partial charge in [0.25, 0.3) is 0 Å². The van der Waals surface area contributed by atoms with Gasteiger partial charge in [-0.25, -0.2) is 0 Å². The predicted molar refractivity (Wildman–Crippen MR) is 64.4 cm³/mol. The van der Waals surface area contributed by atoms with Crippen molar-refractivity contribution in [2.45, 2.75) is 65.7 Å². The molecular weight excluding hydrogens is 168 g/mol. The van der Waals surface area contributed by atoms with Gasteiger partial charge in [-0.3, -0.25) is 0 Å². The molecule has 0 heterocycles. The van der Waals surface area contributed by atoms with Gasteiger partial charge in [0, 0.05) is 0 Å². The van der Waals surface area contributed by atoms with Gasteiger partial charge >= 0.3 is 0 Å². The lowest BCUT2D eigenvalue weighted by atomic mass is 9.75. The van der Waals surface area contributed by atoms with Crippen LogP contribution in [0.15, 0.2) is 12.2 Å². The second-order valence-corrected chi connectivity index (χ2v) is 5.14. The van der Waals surface area contributed by atoms with Gasteiger partial charge in [-0.15, -0.1) is 0 Å². The molecule has 1 rings (SSSR count). The maximum Gasteiger partial charge on any atom is -0.00952 e. The Labute approximate surface area is 89.8 Å². The maximum absolute atomic E-state index is 2.54. The van der Waals surface area contributed by atoms with E-state index < -0.39 is 0 Å². The molecule has 0 aromatic heterocycles. The van der Waals surface area contributed by atoms with Gasteiger partial charge in [0.05, 0.1) is 0 Å². The van der Waals surface area contributed by atoms with Crippen LogP contribution in [0, 0.1) is 11.3 Å². The fraction of sp³-hybridized carbons (Fsp3) is 0.857. The van der Waals surface area contributed by atoms with Gasteiger partial charge < -0.3 is 0 Å². The topological polar surface area (TPSA) is 0 Å². The second-order valence-electron chi connectivity index (χ2n) is 5.14. The number of allylic oxidation sites excluding steroid dienone is 2. The SMILES string of the molecule is CCCC/C=C/C1(C(C)C)CCCC1. The van der Waals surface area contributed by atoms with Crippen molar-refractivity contribution >= 4 is 0 Å². The van der Waals surface area contributed by atoms with Crippen LogP contribution in [0.25, 0.3) is 0 Å². The van der Waals surface area contributed by atoms with Crippen molar-refractivity contribution in [3.8, 4) is 0 Å². The molecule has 0 aliphatic heterocycles. The number of hydrogen-bond acceptors (Lipinski definition) is 0. The van der Waals surface area contributed by atoms with Crippen molar-refractivity contribution < 1.29 is 0 Å². The highest BCUT2D eigenvalue weighted by molar-refractivity contribution is 5.04. The summed E-state index contributed by atoms with van der Waals surface area (Å²) < 4.78 is 0. The summed E-state index contributed by atoms with van der Waals surface area (Å²) in [6.45, 7) is 7.03. The first-order valence-corrected chi connectivity index (χ1v) is 6.39. The minimum Gasteiger partial charge on any atom is -0.0880 e. The normalized spacial score (nSPS) is 21.1. The Bertz CT molecular complexity index is 170. The van der Waals surface area contributed by atoms with Crippen LogP contribution >= 0.6 is 0 Å². The maximum atomic E-state index is 2.54. The van der Waals surface area contributed by atoms with Gasteiger partial charge in [-0.05, 0) is 30.6 Å². The Morgan fingerprint density at radius 2 is 1.86 bits per heavy atom. The van der Waals surface area contributed by atoms with E-state index in [1.807, 2.05) is 0 Å². The first-order chi connectivity index (χ1) is 6.71. The van der Waals surface area contributed by atoms with Crippen LogP contribution in [0.5, 0.6) is 0 Å². The van der Waals surface area contributed by atoms with Crippen molar-refractivity contribution in [1.82, 2.24) is 0 Å². The van der Waals surface area contributed by atoms with E-state index in [4.69, 9.17) is 0 Å². The Balaban J connectivity index is 2.47. The summed E-state index contributed by atoms with van der Waals surface area (Å²) in [5.74, 6) is 0.822. The molecular formula is C14H26. The van der Waals surface area contributed by atoms with Crippen molar-refractivity contribution in [1.29, 1.82) is 0 Å². The zero-order chi connectivity index (χ0) is 10.4. The molecule has 1 aliphatic carbocycles. The van der Waals surface area contributed by atoms with E-state index >= 15 is 0 Å². The Morgan fingerprint density at radius 1 is 1.21 bits per heavy atom. The molecule has 0 spiro atoms. The van der Waals surface area contributed by atoms with E-state index in [-0.39, 0.29) is 0 Å². The summed E-state index contributed by atoms with van der Waals surface area (Å²) in [7, 11) is 0. The summed E-state index contributed by atoms with van der Waals surface area (Å²) in [5, 5.41) is 0. The zero-order valence-electron chi connectivity index (χ0n) is 10.2. The standard InChI is InChI=1S/C14H26/c1-4-5-6-7-10-14(13(2)3)11-8-9-12-14/h7,10,13H,4-6,8-9,11-12H2,1-3H3/b10-7+. The van der Waals surface area contributed by atoms with Crippen LogP contribution in [0.2, 0.25) is 0 Å². The average Bonchev–Trinajstić information content (AvgIpc) is 2.62. The highest BCUT2D eigenvalue weighted by Gasteiger charge is 2.33. The summed E-state index contributed by atoms with van der Waals surface area (Å²) in [6.07, 6.45) is 14.7. The minimum atomic E-state index is 0.563. The lowest BCUT2D eigenvalue weighted by molar-refractivity contribution is 0.274. The van der Waals surface area contributed by atoms with Crippen LogP contribution < -0.4 is 0 Å². The molecule has 0 amide bonds. The highest BCUT2D eigenvalue weighted by Crippen LogP contribution is 2.45. The van der Waals surface area contributed by atoms with Crippen molar-refractivity contribution in [2.75, 3.05) is 0 Å². The van der Waals surface area contributed by atoms with E-state index in [0.29, 0.717) is 5.41 Å². The molecule has 0 aromatic rings. The largest absolute Gasteiger partial charge is 0.0880 e. The summed E-state index contributed by atoms with van der Waals surface area (Å²) >= 11 is 0. The van der Waals surface area contributed by atoms with Gasteiger partial charge in [0.1, 0.15) is 0 Å². The van der Waals surface area contributed by atoms with E-state index in [2.05, 4.69) is 32.9 Å². The van der Waals surface area contributed by atoms with Crippen molar-refractivity contribution in [2.24, 2.45) is 11.3 Å². The molecule has 0 aromatic carbocycles. The number of hydrogen-bond donors (Lipinski definition) is 0. The molecule has 0 atom stereocenters. The molecule has 82 valence electrons. The van der Waals surface area contributed by atoms with Crippen molar-refractivity contribution in [3.05, 3.63) is 12.2 Å². The molecule has 0 nitrogen and oxygen atoms in total. The van der Waals surface area contributed by atoms with Crippen LogP contribution in [0.1, 0.15) is 65.7 Å². The monoisotopic (exact) mass is 194 g/mol. The van der Waals surface area contributed by atoms with E-state index in [0.717, 1.165) is 5.92 Å². The minimum absolute atomic E-state index is 0.563. The van der Waals surface area contributed by atoms with Crippen LogP contribution in [0.4, 0.5) is 0 Å². The van der Waals surface area contributed by atoms with Crippen LogP contribution in [-0.4, -0.2) is 0 Å². The van der Waals surface area contributed by atoms with E-state index in [1.165, 1.54) is 44.9 Å². The van der Waals surface area contributed by atoms with Crippen molar-refractivity contribution in [3.63, 3.8) is 0 Å². The molecule has 1 aliphatic rings. The first-order valence-electron chi connectivity index (χ1n) is 6.39. The molecule has 0 saturated heterocycles. The van der Waals surface area contributed by atoms with Gasteiger partial charge in [-0.2, -0.15) is 0 Å². The lowest BCUT2D eigenvalue weighted by Gasteiger charge is -2.30.